The summed E-state index contributed by atoms with van der Waals surface area (Å²) >= 11 is 1.67. The summed E-state index contributed by atoms with van der Waals surface area (Å²) in [5.41, 5.74) is 4.36. The molecule has 5 rings (SSSR count). The Balaban J connectivity index is 1.64. The van der Waals surface area contributed by atoms with E-state index in [-0.39, 0.29) is 0 Å². The lowest BCUT2D eigenvalue weighted by Gasteiger charge is -2.04. The maximum atomic E-state index is 4.90. The summed E-state index contributed by atoms with van der Waals surface area (Å²) in [5.74, 6) is 1.59. The number of nitrogens with zero attached hydrogens (tertiary/aromatic N) is 3. The van der Waals surface area contributed by atoms with Crippen molar-refractivity contribution < 1.29 is 0 Å². The standard InChI is InChI=1S/C24H17N3S/c1-3-9-18(10-4-1)19-11-7-12-20(17-19)23-25-24(22-15-8-16-28-22)27(26-23)21-13-5-2-6-14-21/h1-17H. The first-order valence-electron chi connectivity index (χ1n) is 9.11. The Morgan fingerprint density at radius 3 is 2.11 bits per heavy atom. The van der Waals surface area contributed by atoms with Crippen molar-refractivity contribution in [2.24, 2.45) is 0 Å². The number of para-hydroxylation sites is 1. The monoisotopic (exact) mass is 379 g/mol. The zero-order valence-corrected chi connectivity index (χ0v) is 15.9. The summed E-state index contributed by atoms with van der Waals surface area (Å²) in [4.78, 5) is 6.00. The fourth-order valence-corrected chi connectivity index (χ4v) is 3.92. The van der Waals surface area contributed by atoms with Gasteiger partial charge in [0.2, 0.25) is 0 Å². The molecule has 0 radical (unpaired) electrons. The van der Waals surface area contributed by atoms with Crippen molar-refractivity contribution in [3.05, 3.63) is 102 Å². The van der Waals surface area contributed by atoms with E-state index in [2.05, 4.69) is 72.1 Å². The lowest BCUT2D eigenvalue weighted by molar-refractivity contribution is 0.892. The Morgan fingerprint density at radius 1 is 0.643 bits per heavy atom. The SMILES string of the molecule is c1ccc(-c2cccc(-c3nc(-c4cccs4)n(-c4ccccc4)n3)c2)cc1. The lowest BCUT2D eigenvalue weighted by Crippen LogP contribution is -1.98. The highest BCUT2D eigenvalue weighted by atomic mass is 32.1. The smallest absolute Gasteiger partial charge is 0.182 e. The molecule has 0 saturated heterocycles. The average molecular weight is 379 g/mol. The molecule has 0 spiro atoms. The second-order valence-electron chi connectivity index (χ2n) is 6.43. The number of aromatic nitrogens is 3. The topological polar surface area (TPSA) is 30.7 Å². The van der Waals surface area contributed by atoms with Crippen LogP contribution in [0, 0.1) is 0 Å². The molecule has 0 atom stereocenters. The van der Waals surface area contributed by atoms with Crippen LogP contribution in [0.2, 0.25) is 0 Å². The molecule has 0 aliphatic heterocycles. The summed E-state index contributed by atoms with van der Waals surface area (Å²) in [5, 5.41) is 6.92. The molecule has 0 fully saturated rings. The van der Waals surface area contributed by atoms with Gasteiger partial charge in [0.05, 0.1) is 10.6 Å². The van der Waals surface area contributed by atoms with Gasteiger partial charge in [0.15, 0.2) is 11.6 Å². The van der Waals surface area contributed by atoms with Gasteiger partial charge in [0, 0.05) is 5.56 Å². The van der Waals surface area contributed by atoms with Gasteiger partial charge < -0.3 is 0 Å². The quantitative estimate of drug-likeness (QED) is 0.365. The Kier molecular flexibility index (Phi) is 4.31. The Labute approximate surface area is 167 Å². The predicted octanol–water partition coefficient (Wildman–Crippen LogP) is 6.33. The van der Waals surface area contributed by atoms with Crippen molar-refractivity contribution >= 4 is 11.3 Å². The summed E-state index contributed by atoms with van der Waals surface area (Å²) < 4.78 is 1.93. The van der Waals surface area contributed by atoms with Crippen LogP contribution in [0.1, 0.15) is 0 Å². The first-order chi connectivity index (χ1) is 13.9. The predicted molar refractivity (Wildman–Crippen MR) is 116 cm³/mol. The van der Waals surface area contributed by atoms with Gasteiger partial charge in [-0.15, -0.1) is 16.4 Å². The molecule has 28 heavy (non-hydrogen) atoms. The Morgan fingerprint density at radius 2 is 1.36 bits per heavy atom. The van der Waals surface area contributed by atoms with E-state index in [9.17, 15) is 0 Å². The second kappa shape index (κ2) is 7.25. The van der Waals surface area contributed by atoms with Gasteiger partial charge in [-0.25, -0.2) is 9.67 Å². The number of hydrogen-bond acceptors (Lipinski definition) is 3. The van der Waals surface area contributed by atoms with E-state index < -0.39 is 0 Å². The lowest BCUT2D eigenvalue weighted by atomic mass is 10.0. The van der Waals surface area contributed by atoms with Crippen LogP contribution in [0.4, 0.5) is 0 Å². The fourth-order valence-electron chi connectivity index (χ4n) is 3.22. The molecule has 3 aromatic carbocycles. The van der Waals surface area contributed by atoms with E-state index in [0.29, 0.717) is 0 Å². The van der Waals surface area contributed by atoms with E-state index in [4.69, 9.17) is 10.1 Å². The highest BCUT2D eigenvalue weighted by Crippen LogP contribution is 2.30. The molecule has 0 aliphatic rings. The molecular weight excluding hydrogens is 362 g/mol. The molecule has 5 aromatic rings. The van der Waals surface area contributed by atoms with Crippen molar-refractivity contribution in [2.75, 3.05) is 0 Å². The largest absolute Gasteiger partial charge is 0.212 e. The zero-order valence-electron chi connectivity index (χ0n) is 15.1. The Hall–Kier alpha value is -3.50. The third kappa shape index (κ3) is 3.15. The Bertz CT molecular complexity index is 1190. The molecule has 4 heteroatoms. The van der Waals surface area contributed by atoms with E-state index in [1.54, 1.807) is 11.3 Å². The first kappa shape index (κ1) is 16.7. The molecule has 134 valence electrons. The van der Waals surface area contributed by atoms with E-state index >= 15 is 0 Å². The first-order valence-corrected chi connectivity index (χ1v) is 9.99. The van der Waals surface area contributed by atoms with E-state index in [1.807, 2.05) is 35.0 Å². The van der Waals surface area contributed by atoms with Crippen LogP contribution in [-0.2, 0) is 0 Å². The van der Waals surface area contributed by atoms with Crippen LogP contribution in [0.5, 0.6) is 0 Å². The van der Waals surface area contributed by atoms with E-state index in [0.717, 1.165) is 33.3 Å². The molecule has 3 nitrogen and oxygen atoms in total. The van der Waals surface area contributed by atoms with Gasteiger partial charge in [-0.3, -0.25) is 0 Å². The van der Waals surface area contributed by atoms with Crippen LogP contribution in [0.15, 0.2) is 102 Å². The molecule has 2 aromatic heterocycles. The third-order valence-electron chi connectivity index (χ3n) is 4.58. The van der Waals surface area contributed by atoms with Crippen molar-refractivity contribution in [1.82, 2.24) is 14.8 Å². The number of rotatable bonds is 4. The summed E-state index contributed by atoms with van der Waals surface area (Å²) in [7, 11) is 0. The van der Waals surface area contributed by atoms with Gasteiger partial charge in [0.25, 0.3) is 0 Å². The fraction of sp³-hybridized carbons (Fsp3) is 0. The van der Waals surface area contributed by atoms with E-state index in [1.165, 1.54) is 5.56 Å². The maximum Gasteiger partial charge on any atom is 0.182 e. The minimum absolute atomic E-state index is 0.727. The minimum Gasteiger partial charge on any atom is -0.212 e. The summed E-state index contributed by atoms with van der Waals surface area (Å²) in [6.45, 7) is 0. The number of thiophene rings is 1. The second-order valence-corrected chi connectivity index (χ2v) is 7.38. The van der Waals surface area contributed by atoms with Crippen LogP contribution >= 0.6 is 11.3 Å². The van der Waals surface area contributed by atoms with Crippen LogP contribution in [0.3, 0.4) is 0 Å². The highest BCUT2D eigenvalue weighted by Gasteiger charge is 2.16. The van der Waals surface area contributed by atoms with Gasteiger partial charge >= 0.3 is 0 Å². The zero-order chi connectivity index (χ0) is 18.8. The van der Waals surface area contributed by atoms with Gasteiger partial charge in [-0.2, -0.15) is 0 Å². The normalized spacial score (nSPS) is 10.9. The molecule has 0 saturated carbocycles. The van der Waals surface area contributed by atoms with Crippen molar-refractivity contribution in [3.8, 4) is 38.9 Å². The molecule has 0 unspecified atom stereocenters. The maximum absolute atomic E-state index is 4.90. The summed E-state index contributed by atoms with van der Waals surface area (Å²) in [6.07, 6.45) is 0. The molecule has 0 aliphatic carbocycles. The van der Waals surface area contributed by atoms with Gasteiger partial charge in [-0.1, -0.05) is 72.8 Å². The number of benzene rings is 3. The molecule has 0 N–H and O–H groups in total. The van der Waals surface area contributed by atoms with Crippen molar-refractivity contribution in [1.29, 1.82) is 0 Å². The summed E-state index contributed by atoms with van der Waals surface area (Å²) in [6, 6.07) is 33.0. The molecule has 0 bridgehead atoms. The number of hydrogen-bond donors (Lipinski definition) is 0. The molecule has 2 heterocycles. The van der Waals surface area contributed by atoms with Crippen LogP contribution in [-0.4, -0.2) is 14.8 Å². The van der Waals surface area contributed by atoms with Crippen molar-refractivity contribution in [2.45, 2.75) is 0 Å². The van der Waals surface area contributed by atoms with Gasteiger partial charge in [0.1, 0.15) is 0 Å². The van der Waals surface area contributed by atoms with Crippen LogP contribution < -0.4 is 0 Å². The minimum atomic E-state index is 0.727. The average Bonchev–Trinajstić information content (AvgIpc) is 3.45. The molecular formula is C24H17N3S. The van der Waals surface area contributed by atoms with Crippen LogP contribution in [0.25, 0.3) is 38.9 Å². The van der Waals surface area contributed by atoms with Crippen molar-refractivity contribution in [3.63, 3.8) is 0 Å². The highest BCUT2D eigenvalue weighted by molar-refractivity contribution is 7.13. The van der Waals surface area contributed by atoms with Gasteiger partial charge in [-0.05, 0) is 40.8 Å². The molecule has 0 amide bonds. The third-order valence-corrected chi connectivity index (χ3v) is 5.44.